The molecular weight excluding hydrogens is 539 g/mol. The van der Waals surface area contributed by atoms with Crippen LogP contribution in [0.5, 0.6) is 0 Å². The van der Waals surface area contributed by atoms with Gasteiger partial charge in [0.2, 0.25) is 5.91 Å². The quantitative estimate of drug-likeness (QED) is 0.138. The van der Waals surface area contributed by atoms with Gasteiger partial charge in [-0.3, -0.25) is 14.4 Å². The zero-order valence-corrected chi connectivity index (χ0v) is 24.2. The Labute approximate surface area is 242 Å². The summed E-state index contributed by atoms with van der Waals surface area (Å²) in [5.41, 5.74) is 4.21. The monoisotopic (exact) mass is 569 g/mol. The number of amides is 3. The zero-order valence-electron chi connectivity index (χ0n) is 22.6. The predicted molar refractivity (Wildman–Crippen MR) is 166 cm³/mol. The molecule has 0 bridgehead atoms. The van der Waals surface area contributed by atoms with E-state index in [1.165, 1.54) is 28.7 Å². The minimum absolute atomic E-state index is 0.0741. The molecule has 0 spiro atoms. The summed E-state index contributed by atoms with van der Waals surface area (Å²) in [6.45, 7) is 6.03. The lowest BCUT2D eigenvalue weighted by atomic mass is 10.1. The van der Waals surface area contributed by atoms with Gasteiger partial charge in [-0.25, -0.2) is 0 Å². The van der Waals surface area contributed by atoms with Crippen LogP contribution < -0.4 is 16.0 Å². The average molecular weight is 570 g/mol. The Morgan fingerprint density at radius 2 is 1.62 bits per heavy atom. The number of hydrogen-bond acceptors (Lipinski definition) is 5. The van der Waals surface area contributed by atoms with Crippen LogP contribution in [0.15, 0.2) is 101 Å². The standard InChI is InChI=1S/C32H31N3O3S2/c1-4-29(32(38)34-25-16-15-21(2)22(3)18-25)40-27-13-8-12-24(19-27)33-31(37)28(20-26-14-9-17-39-26)35-30(36)23-10-6-5-7-11-23/h5-20,29H,4H2,1-3H3,(H,33,37)(H,34,38)(H,35,36)/b28-20-. The van der Waals surface area contributed by atoms with Crippen molar-refractivity contribution in [1.82, 2.24) is 5.32 Å². The summed E-state index contributed by atoms with van der Waals surface area (Å²) in [5, 5.41) is 10.3. The minimum atomic E-state index is -0.445. The van der Waals surface area contributed by atoms with E-state index in [1.54, 1.807) is 36.4 Å². The van der Waals surface area contributed by atoms with Gasteiger partial charge in [0.25, 0.3) is 11.8 Å². The highest BCUT2D eigenvalue weighted by Crippen LogP contribution is 2.29. The van der Waals surface area contributed by atoms with Gasteiger partial charge in [-0.15, -0.1) is 23.1 Å². The van der Waals surface area contributed by atoms with Crippen LogP contribution in [-0.4, -0.2) is 23.0 Å². The summed E-state index contributed by atoms with van der Waals surface area (Å²) in [5.74, 6) is -0.891. The minimum Gasteiger partial charge on any atom is -0.325 e. The molecule has 0 aliphatic carbocycles. The fourth-order valence-corrected chi connectivity index (χ4v) is 5.50. The molecular formula is C32H31N3O3S2. The molecule has 3 aromatic carbocycles. The van der Waals surface area contributed by atoms with Crippen molar-refractivity contribution < 1.29 is 14.4 Å². The lowest BCUT2D eigenvalue weighted by Crippen LogP contribution is -2.30. The van der Waals surface area contributed by atoms with Crippen LogP contribution in [0.2, 0.25) is 0 Å². The van der Waals surface area contributed by atoms with E-state index >= 15 is 0 Å². The van der Waals surface area contributed by atoms with Gasteiger partial charge in [-0.1, -0.05) is 43.3 Å². The number of thiophene rings is 1. The van der Waals surface area contributed by atoms with Crippen LogP contribution >= 0.6 is 23.1 Å². The number of aryl methyl sites for hydroxylation is 2. The maximum absolute atomic E-state index is 13.3. The van der Waals surface area contributed by atoms with E-state index in [-0.39, 0.29) is 22.8 Å². The Balaban J connectivity index is 1.46. The molecule has 1 heterocycles. The first kappa shape index (κ1) is 28.9. The summed E-state index contributed by atoms with van der Waals surface area (Å²) < 4.78 is 0. The SMILES string of the molecule is CCC(Sc1cccc(NC(=O)/C(=C/c2cccs2)NC(=O)c2ccccc2)c1)C(=O)Nc1ccc(C)c(C)c1. The van der Waals surface area contributed by atoms with Gasteiger partial charge in [0, 0.05) is 26.7 Å². The van der Waals surface area contributed by atoms with Crippen molar-refractivity contribution in [2.45, 2.75) is 37.3 Å². The van der Waals surface area contributed by atoms with Crippen LogP contribution in [0, 0.1) is 13.8 Å². The van der Waals surface area contributed by atoms with E-state index in [2.05, 4.69) is 16.0 Å². The van der Waals surface area contributed by atoms with Crippen molar-refractivity contribution in [2.75, 3.05) is 10.6 Å². The normalized spacial score (nSPS) is 11.9. The second-order valence-electron chi connectivity index (χ2n) is 9.18. The number of nitrogens with one attached hydrogen (secondary N) is 3. The fourth-order valence-electron chi connectivity index (χ4n) is 3.83. The average Bonchev–Trinajstić information content (AvgIpc) is 3.47. The van der Waals surface area contributed by atoms with Crippen LogP contribution in [0.1, 0.15) is 39.7 Å². The third-order valence-electron chi connectivity index (χ3n) is 6.17. The number of carbonyl (C=O) groups is 3. The molecule has 0 saturated heterocycles. The van der Waals surface area contributed by atoms with Gasteiger partial charge in [-0.05, 0) is 91.4 Å². The number of benzene rings is 3. The molecule has 8 heteroatoms. The van der Waals surface area contributed by atoms with Crippen LogP contribution in [0.25, 0.3) is 6.08 Å². The predicted octanol–water partition coefficient (Wildman–Crippen LogP) is 7.28. The van der Waals surface area contributed by atoms with Gasteiger partial charge in [0.1, 0.15) is 5.70 Å². The van der Waals surface area contributed by atoms with Crippen molar-refractivity contribution in [1.29, 1.82) is 0 Å². The molecule has 0 fully saturated rings. The second kappa shape index (κ2) is 13.8. The molecule has 0 aliphatic heterocycles. The molecule has 4 aromatic rings. The van der Waals surface area contributed by atoms with E-state index < -0.39 is 5.91 Å². The van der Waals surface area contributed by atoms with Crippen molar-refractivity contribution in [3.63, 3.8) is 0 Å². The first-order valence-corrected chi connectivity index (χ1v) is 14.7. The molecule has 1 atom stereocenters. The topological polar surface area (TPSA) is 87.3 Å². The number of anilines is 2. The summed E-state index contributed by atoms with van der Waals surface area (Å²) >= 11 is 2.90. The van der Waals surface area contributed by atoms with Crippen LogP contribution in [0.3, 0.4) is 0 Å². The van der Waals surface area contributed by atoms with Crippen molar-refractivity contribution in [3.05, 3.63) is 118 Å². The molecule has 0 saturated carbocycles. The molecule has 204 valence electrons. The van der Waals surface area contributed by atoms with Gasteiger partial charge in [0.15, 0.2) is 0 Å². The van der Waals surface area contributed by atoms with Crippen molar-refractivity contribution >= 4 is 58.3 Å². The molecule has 1 unspecified atom stereocenters. The number of carbonyl (C=O) groups excluding carboxylic acids is 3. The second-order valence-corrected chi connectivity index (χ2v) is 11.4. The molecule has 3 N–H and O–H groups in total. The molecule has 0 radical (unpaired) electrons. The van der Waals surface area contributed by atoms with E-state index in [1.807, 2.05) is 80.7 Å². The lowest BCUT2D eigenvalue weighted by Gasteiger charge is -2.16. The third-order valence-corrected chi connectivity index (χ3v) is 8.34. The third kappa shape index (κ3) is 7.94. The summed E-state index contributed by atoms with van der Waals surface area (Å²) in [4.78, 5) is 40.8. The highest BCUT2D eigenvalue weighted by atomic mass is 32.2. The Morgan fingerprint density at radius 3 is 2.33 bits per heavy atom. The smallest absolute Gasteiger partial charge is 0.272 e. The number of hydrogen-bond donors (Lipinski definition) is 3. The Bertz CT molecular complexity index is 1520. The highest BCUT2D eigenvalue weighted by Gasteiger charge is 2.19. The Kier molecular flexibility index (Phi) is 9.94. The molecule has 40 heavy (non-hydrogen) atoms. The molecule has 3 amide bonds. The number of rotatable bonds is 10. The molecule has 6 nitrogen and oxygen atoms in total. The summed E-state index contributed by atoms with van der Waals surface area (Å²) in [6, 6.07) is 25.7. The number of thioether (sulfide) groups is 1. The first-order chi connectivity index (χ1) is 19.3. The Morgan fingerprint density at radius 1 is 0.850 bits per heavy atom. The maximum Gasteiger partial charge on any atom is 0.272 e. The van der Waals surface area contributed by atoms with E-state index in [0.717, 1.165) is 21.0 Å². The van der Waals surface area contributed by atoms with Gasteiger partial charge in [-0.2, -0.15) is 0 Å². The van der Waals surface area contributed by atoms with Crippen molar-refractivity contribution in [3.8, 4) is 0 Å². The maximum atomic E-state index is 13.3. The molecule has 0 aliphatic rings. The van der Waals surface area contributed by atoms with E-state index in [9.17, 15) is 14.4 Å². The Hall–Kier alpha value is -4.14. The van der Waals surface area contributed by atoms with Crippen LogP contribution in [-0.2, 0) is 9.59 Å². The summed E-state index contributed by atoms with van der Waals surface area (Å²) in [7, 11) is 0. The fraction of sp³-hybridized carbons (Fsp3) is 0.156. The highest BCUT2D eigenvalue weighted by molar-refractivity contribution is 8.00. The summed E-state index contributed by atoms with van der Waals surface area (Å²) in [6.07, 6.45) is 2.29. The van der Waals surface area contributed by atoms with Gasteiger partial charge < -0.3 is 16.0 Å². The lowest BCUT2D eigenvalue weighted by molar-refractivity contribution is -0.116. The molecule has 1 aromatic heterocycles. The largest absolute Gasteiger partial charge is 0.325 e. The zero-order chi connectivity index (χ0) is 28.5. The van der Waals surface area contributed by atoms with Crippen LogP contribution in [0.4, 0.5) is 11.4 Å². The van der Waals surface area contributed by atoms with Crippen molar-refractivity contribution in [2.24, 2.45) is 0 Å². The van der Waals surface area contributed by atoms with E-state index in [4.69, 9.17) is 0 Å². The van der Waals surface area contributed by atoms with Gasteiger partial charge in [0.05, 0.1) is 5.25 Å². The first-order valence-electron chi connectivity index (χ1n) is 12.9. The van der Waals surface area contributed by atoms with Gasteiger partial charge >= 0.3 is 0 Å². The molecule has 4 rings (SSSR count). The van der Waals surface area contributed by atoms with E-state index in [0.29, 0.717) is 17.7 Å².